The van der Waals surface area contributed by atoms with Gasteiger partial charge in [0.2, 0.25) is 23.6 Å². The largest absolute Gasteiger partial charge is 0.480 e. The zero-order valence-corrected chi connectivity index (χ0v) is 23.6. The second kappa shape index (κ2) is 14.8. The molecule has 0 radical (unpaired) electrons. The molecule has 3 aromatic rings. The van der Waals surface area contributed by atoms with Crippen LogP contribution < -0.4 is 27.4 Å². The summed E-state index contributed by atoms with van der Waals surface area (Å²) in [5.41, 5.74) is 14.0. The van der Waals surface area contributed by atoms with Crippen molar-refractivity contribution in [2.24, 2.45) is 17.4 Å². The minimum Gasteiger partial charge on any atom is -0.480 e. The Morgan fingerprint density at radius 3 is 2.10 bits per heavy atom. The number of carbonyl (C=O) groups is 5. The van der Waals surface area contributed by atoms with E-state index in [-0.39, 0.29) is 25.7 Å². The summed E-state index contributed by atoms with van der Waals surface area (Å²) in [6.07, 6.45) is 1.69. The lowest BCUT2D eigenvalue weighted by Crippen LogP contribution is -2.58. The van der Waals surface area contributed by atoms with Crippen molar-refractivity contribution in [2.75, 3.05) is 0 Å². The first-order chi connectivity index (χ1) is 20.0. The molecule has 0 spiro atoms. The highest BCUT2D eigenvalue weighted by Crippen LogP contribution is 2.19. The number of aromatic nitrogens is 1. The third-order valence-corrected chi connectivity index (χ3v) is 6.91. The molecule has 2 aromatic carbocycles. The number of para-hydroxylation sites is 1. The Kier molecular flexibility index (Phi) is 11.2. The molecule has 3 rings (SSSR count). The van der Waals surface area contributed by atoms with Crippen LogP contribution in [0.25, 0.3) is 10.9 Å². The van der Waals surface area contributed by atoms with Gasteiger partial charge in [0.25, 0.3) is 0 Å². The summed E-state index contributed by atoms with van der Waals surface area (Å²) < 4.78 is 0. The fourth-order valence-corrected chi connectivity index (χ4v) is 4.56. The quantitative estimate of drug-likeness (QED) is 0.137. The van der Waals surface area contributed by atoms with Crippen LogP contribution in [0.1, 0.15) is 37.8 Å². The number of primary amides is 1. The van der Waals surface area contributed by atoms with E-state index < -0.39 is 59.7 Å². The Bertz CT molecular complexity index is 1410. The van der Waals surface area contributed by atoms with Gasteiger partial charge in [0.1, 0.15) is 18.1 Å². The van der Waals surface area contributed by atoms with Crippen LogP contribution in [0.15, 0.2) is 60.8 Å². The minimum absolute atomic E-state index is 0.0894. The zero-order valence-electron chi connectivity index (χ0n) is 23.6. The number of rotatable bonds is 15. The molecule has 0 bridgehead atoms. The monoisotopic (exact) mass is 578 g/mol. The summed E-state index contributed by atoms with van der Waals surface area (Å²) in [5, 5.41) is 18.1. The predicted octanol–water partition coefficient (Wildman–Crippen LogP) is 0.741. The van der Waals surface area contributed by atoms with E-state index in [1.54, 1.807) is 44.3 Å². The number of hydrogen-bond donors (Lipinski definition) is 7. The van der Waals surface area contributed by atoms with Gasteiger partial charge >= 0.3 is 5.97 Å². The van der Waals surface area contributed by atoms with Crippen LogP contribution in [0.5, 0.6) is 0 Å². The maximum absolute atomic E-state index is 13.5. The number of benzene rings is 2. The van der Waals surface area contributed by atoms with Gasteiger partial charge in [-0.2, -0.15) is 0 Å². The van der Waals surface area contributed by atoms with Crippen molar-refractivity contribution in [3.63, 3.8) is 0 Å². The second-order valence-corrected chi connectivity index (χ2v) is 10.6. The molecule has 0 saturated heterocycles. The van der Waals surface area contributed by atoms with Crippen molar-refractivity contribution < 1.29 is 29.1 Å². The van der Waals surface area contributed by atoms with Crippen LogP contribution >= 0.6 is 0 Å². The van der Waals surface area contributed by atoms with E-state index in [9.17, 15) is 29.1 Å². The van der Waals surface area contributed by atoms with Crippen molar-refractivity contribution in [3.05, 3.63) is 71.9 Å². The Morgan fingerprint density at radius 2 is 1.45 bits per heavy atom. The molecule has 0 fully saturated rings. The van der Waals surface area contributed by atoms with E-state index in [0.29, 0.717) is 0 Å². The van der Waals surface area contributed by atoms with E-state index in [1.165, 1.54) is 0 Å². The normalized spacial score (nSPS) is 14.0. The molecule has 12 heteroatoms. The molecular weight excluding hydrogens is 540 g/mol. The second-order valence-electron chi connectivity index (χ2n) is 10.6. The van der Waals surface area contributed by atoms with E-state index in [4.69, 9.17) is 11.5 Å². The molecule has 12 nitrogen and oxygen atoms in total. The molecule has 224 valence electrons. The van der Waals surface area contributed by atoms with E-state index in [1.807, 2.05) is 30.3 Å². The summed E-state index contributed by atoms with van der Waals surface area (Å²) in [6, 6.07) is 12.0. The van der Waals surface area contributed by atoms with Gasteiger partial charge in [-0.15, -0.1) is 0 Å². The molecule has 0 aliphatic heterocycles. The first kappa shape index (κ1) is 31.8. The topological polar surface area (TPSA) is 209 Å². The maximum Gasteiger partial charge on any atom is 0.326 e. The van der Waals surface area contributed by atoms with Crippen molar-refractivity contribution in [1.82, 2.24) is 20.9 Å². The lowest BCUT2D eigenvalue weighted by atomic mass is 10.0. The van der Waals surface area contributed by atoms with Gasteiger partial charge < -0.3 is 37.5 Å². The first-order valence-corrected chi connectivity index (χ1v) is 13.7. The van der Waals surface area contributed by atoms with Crippen LogP contribution in [0.3, 0.4) is 0 Å². The molecular formula is C30H38N6O6. The van der Waals surface area contributed by atoms with Gasteiger partial charge in [-0.3, -0.25) is 19.2 Å². The van der Waals surface area contributed by atoms with Gasteiger partial charge in [-0.25, -0.2) is 4.79 Å². The van der Waals surface area contributed by atoms with Crippen molar-refractivity contribution >= 4 is 40.5 Å². The molecule has 1 heterocycles. The van der Waals surface area contributed by atoms with Crippen molar-refractivity contribution in [2.45, 2.75) is 63.7 Å². The molecule has 4 unspecified atom stereocenters. The number of hydrogen-bond acceptors (Lipinski definition) is 6. The van der Waals surface area contributed by atoms with Crippen molar-refractivity contribution in [3.8, 4) is 0 Å². The summed E-state index contributed by atoms with van der Waals surface area (Å²) in [5.74, 6) is -4.43. The fraction of sp³-hybridized carbons (Fsp3) is 0.367. The average Bonchev–Trinajstić information content (AvgIpc) is 3.35. The molecule has 42 heavy (non-hydrogen) atoms. The molecule has 0 aliphatic carbocycles. The number of amides is 4. The number of nitrogens with two attached hydrogens (primary N) is 2. The van der Waals surface area contributed by atoms with Crippen LogP contribution in [0.2, 0.25) is 0 Å². The Hall–Kier alpha value is -4.71. The number of fused-ring (bicyclic) bond motifs is 1. The van der Waals surface area contributed by atoms with Gasteiger partial charge in [-0.05, 0) is 36.0 Å². The van der Waals surface area contributed by atoms with Gasteiger partial charge in [0, 0.05) is 29.9 Å². The molecule has 4 amide bonds. The molecule has 9 N–H and O–H groups in total. The predicted molar refractivity (Wildman–Crippen MR) is 157 cm³/mol. The molecule has 0 saturated carbocycles. The summed E-state index contributed by atoms with van der Waals surface area (Å²) >= 11 is 0. The van der Waals surface area contributed by atoms with Gasteiger partial charge in [0.05, 0.1) is 6.04 Å². The summed E-state index contributed by atoms with van der Waals surface area (Å²) in [7, 11) is 0. The van der Waals surface area contributed by atoms with Crippen LogP contribution in [0, 0.1) is 5.92 Å². The number of nitrogens with one attached hydrogen (secondary N) is 4. The number of H-pyrrole nitrogens is 1. The molecule has 1 aromatic heterocycles. The standard InChI is InChI=1S/C30H38N6O6/c1-17(2)26(30(41)42)36-28(39)23(12-13-25(32)37)34-29(40)24(14-18-8-4-3-5-9-18)35-27(38)21(31)15-19-16-33-22-11-7-6-10-20(19)22/h3-11,16-17,21,23-24,26,33H,12-15,31H2,1-2H3,(H2,32,37)(H,34,40)(H,35,38)(H,36,39)(H,41,42). The first-order valence-electron chi connectivity index (χ1n) is 13.7. The van der Waals surface area contributed by atoms with Gasteiger partial charge in [-0.1, -0.05) is 62.4 Å². The number of carboxylic acid groups (broad SMARTS) is 1. The Morgan fingerprint density at radius 1 is 0.833 bits per heavy atom. The Balaban J connectivity index is 1.79. The lowest BCUT2D eigenvalue weighted by molar-refractivity contribution is -0.143. The number of carboxylic acids is 1. The van der Waals surface area contributed by atoms with Crippen LogP contribution in [-0.2, 0) is 36.8 Å². The third kappa shape index (κ3) is 8.90. The van der Waals surface area contributed by atoms with E-state index in [0.717, 1.165) is 22.0 Å². The summed E-state index contributed by atoms with van der Waals surface area (Å²) in [4.78, 5) is 66.0. The lowest BCUT2D eigenvalue weighted by Gasteiger charge is -2.26. The highest BCUT2D eigenvalue weighted by atomic mass is 16.4. The average molecular weight is 579 g/mol. The van der Waals surface area contributed by atoms with E-state index in [2.05, 4.69) is 20.9 Å². The zero-order chi connectivity index (χ0) is 30.8. The number of aliphatic carboxylic acids is 1. The third-order valence-electron chi connectivity index (χ3n) is 6.91. The fourth-order valence-electron chi connectivity index (χ4n) is 4.56. The maximum atomic E-state index is 13.5. The van der Waals surface area contributed by atoms with Crippen molar-refractivity contribution in [1.29, 1.82) is 0 Å². The Labute approximate surface area is 243 Å². The van der Waals surface area contributed by atoms with Crippen LogP contribution in [0.4, 0.5) is 0 Å². The smallest absolute Gasteiger partial charge is 0.326 e. The minimum atomic E-state index is -1.28. The number of carbonyl (C=O) groups excluding carboxylic acids is 4. The van der Waals surface area contributed by atoms with Crippen LogP contribution in [-0.4, -0.2) is 63.9 Å². The highest BCUT2D eigenvalue weighted by molar-refractivity contribution is 5.95. The molecule has 0 aliphatic rings. The molecule has 4 atom stereocenters. The van der Waals surface area contributed by atoms with Gasteiger partial charge in [0.15, 0.2) is 0 Å². The number of aromatic amines is 1. The van der Waals surface area contributed by atoms with E-state index >= 15 is 0 Å². The SMILES string of the molecule is CC(C)C(NC(=O)C(CCC(N)=O)NC(=O)C(Cc1ccccc1)NC(=O)C(N)Cc1c[nH]c2ccccc12)C(=O)O. The summed E-state index contributed by atoms with van der Waals surface area (Å²) in [6.45, 7) is 3.25. The highest BCUT2D eigenvalue weighted by Gasteiger charge is 2.31.